The number of hydrogen-bond donors (Lipinski definition) is 5. The minimum atomic E-state index is -3.14. The quantitative estimate of drug-likeness (QED) is 0.222. The van der Waals surface area contributed by atoms with E-state index in [1.807, 2.05) is 6.07 Å². The van der Waals surface area contributed by atoms with Gasteiger partial charge in [0.15, 0.2) is 5.76 Å². The Kier molecular flexibility index (Phi) is 15.8. The fraction of sp³-hybridized carbons (Fsp3) is 0.656. The molecule has 1 aliphatic heterocycles. The van der Waals surface area contributed by atoms with Gasteiger partial charge in [-0.25, -0.2) is 9.18 Å². The maximum Gasteiger partial charge on any atom is 0.340 e. The number of aliphatic hydroxyl groups is 3. The first-order valence-corrected chi connectivity index (χ1v) is 14.7. The standard InChI is InChI=1S/C14H26N2O2.C10H12.C4H6F2O.C4H7FO2/c17-9-13(10-18)16-5-3-14(4-6-16)7-12(8-14)15-11-1-2-11;1-2-3-7-10-8-5-4-6-9-10;1-3(7)4(2,5)6;1-4(2,5)3(6)7/h11-13,15,17-18H,1-10H2;3-9H,2H2,1H3;7H,1H2,2H3;1-2H3,(H,6,7)/b;7-3-;;. The molecule has 5 N–H and O–H groups in total. The monoisotopic (exact) mass is 600 g/mol. The molecule has 0 aromatic heterocycles. The second kappa shape index (κ2) is 17.7. The number of allylic oxidation sites excluding steroid dienone is 2. The number of carboxylic acids is 1. The van der Waals surface area contributed by atoms with Gasteiger partial charge in [0.05, 0.1) is 19.3 Å². The average molecular weight is 601 g/mol. The highest BCUT2D eigenvalue weighted by Crippen LogP contribution is 2.49. The van der Waals surface area contributed by atoms with Crippen molar-refractivity contribution in [1.29, 1.82) is 0 Å². The van der Waals surface area contributed by atoms with E-state index < -0.39 is 23.3 Å². The molecular weight excluding hydrogens is 549 g/mol. The summed E-state index contributed by atoms with van der Waals surface area (Å²) in [5.41, 5.74) is -0.220. The van der Waals surface area contributed by atoms with E-state index >= 15 is 0 Å². The first kappa shape index (κ1) is 37.6. The largest absolute Gasteiger partial charge is 0.507 e. The van der Waals surface area contributed by atoms with Crippen molar-refractivity contribution in [2.75, 3.05) is 26.3 Å². The lowest BCUT2D eigenvalue weighted by atomic mass is 9.60. The molecule has 10 heteroatoms. The number of benzene rings is 1. The number of nitrogens with zero attached hydrogens (tertiary/aromatic N) is 1. The molecule has 1 heterocycles. The summed E-state index contributed by atoms with van der Waals surface area (Å²) in [6.45, 7) is 9.58. The number of hydrogen-bond acceptors (Lipinski definition) is 6. The van der Waals surface area contributed by atoms with Crippen molar-refractivity contribution < 1.29 is 38.4 Å². The van der Waals surface area contributed by atoms with E-state index in [0.29, 0.717) is 12.3 Å². The van der Waals surface area contributed by atoms with Crippen LogP contribution in [0.3, 0.4) is 0 Å². The molecule has 1 aromatic carbocycles. The van der Waals surface area contributed by atoms with Gasteiger partial charge in [0.2, 0.25) is 5.67 Å². The Labute approximate surface area is 249 Å². The molecule has 0 unspecified atom stereocenters. The lowest BCUT2D eigenvalue weighted by molar-refractivity contribution is -0.148. The third-order valence-electron chi connectivity index (χ3n) is 7.57. The van der Waals surface area contributed by atoms with E-state index in [-0.39, 0.29) is 19.3 Å². The molecule has 4 rings (SSSR count). The minimum Gasteiger partial charge on any atom is -0.507 e. The SMILES string of the molecule is C=C(O)C(C)(F)F.CC(C)(F)C(=O)O.CC/C=C\c1ccccc1.OCC(CO)N1CCC2(CC1)CC(NC1CC1)C2. The van der Waals surface area contributed by atoms with Crippen LogP contribution in [0.5, 0.6) is 0 Å². The van der Waals surface area contributed by atoms with Crippen molar-refractivity contribution in [3.8, 4) is 0 Å². The summed E-state index contributed by atoms with van der Waals surface area (Å²) in [5, 5.41) is 38.0. The molecule has 3 fully saturated rings. The highest BCUT2D eigenvalue weighted by Gasteiger charge is 2.47. The van der Waals surface area contributed by atoms with Crippen molar-refractivity contribution in [3.05, 3.63) is 54.3 Å². The second-order valence-corrected chi connectivity index (χ2v) is 11.9. The highest BCUT2D eigenvalue weighted by atomic mass is 19.3. The third kappa shape index (κ3) is 14.7. The third-order valence-corrected chi connectivity index (χ3v) is 7.57. The molecule has 0 radical (unpaired) electrons. The van der Waals surface area contributed by atoms with E-state index in [0.717, 1.165) is 45.4 Å². The van der Waals surface area contributed by atoms with Crippen LogP contribution in [0.2, 0.25) is 0 Å². The predicted octanol–water partition coefficient (Wildman–Crippen LogP) is 5.98. The molecule has 1 aromatic rings. The number of piperidine rings is 1. The smallest absolute Gasteiger partial charge is 0.340 e. The zero-order chi connectivity index (χ0) is 32.0. The lowest BCUT2D eigenvalue weighted by Crippen LogP contribution is -2.56. The van der Waals surface area contributed by atoms with Gasteiger partial charge >= 0.3 is 5.97 Å². The molecule has 7 nitrogen and oxygen atoms in total. The number of halogens is 3. The number of likely N-dealkylation sites (tertiary alicyclic amines) is 1. The summed E-state index contributed by atoms with van der Waals surface area (Å²) >= 11 is 0. The summed E-state index contributed by atoms with van der Waals surface area (Å²) in [5.74, 6) is -5.65. The van der Waals surface area contributed by atoms with Crippen LogP contribution < -0.4 is 5.32 Å². The lowest BCUT2D eigenvalue weighted by Gasteiger charge is -2.53. The van der Waals surface area contributed by atoms with Gasteiger partial charge in [0.25, 0.3) is 5.92 Å². The number of rotatable bonds is 9. The van der Waals surface area contributed by atoms with E-state index in [9.17, 15) is 28.2 Å². The van der Waals surface area contributed by atoms with E-state index in [1.54, 1.807) is 0 Å². The summed E-state index contributed by atoms with van der Waals surface area (Å²) in [6.07, 6.45) is 13.3. The number of carboxylic acid groups (broad SMARTS) is 1. The summed E-state index contributed by atoms with van der Waals surface area (Å²) < 4.78 is 34.9. The van der Waals surface area contributed by atoms with E-state index in [1.165, 1.54) is 44.1 Å². The Morgan fingerprint density at radius 3 is 1.88 bits per heavy atom. The Bertz CT molecular complexity index is 915. The maximum atomic E-state index is 11.9. The van der Waals surface area contributed by atoms with Gasteiger partial charge in [-0.05, 0) is 82.9 Å². The Morgan fingerprint density at radius 2 is 1.52 bits per heavy atom. The van der Waals surface area contributed by atoms with Crippen molar-refractivity contribution in [2.45, 2.75) is 102 Å². The topological polar surface area (TPSA) is 113 Å². The molecule has 0 bridgehead atoms. The molecule has 1 saturated heterocycles. The van der Waals surface area contributed by atoms with Crippen molar-refractivity contribution in [3.63, 3.8) is 0 Å². The van der Waals surface area contributed by atoms with Crippen LogP contribution >= 0.6 is 0 Å². The van der Waals surface area contributed by atoms with Gasteiger partial charge in [-0.15, -0.1) is 0 Å². The predicted molar refractivity (Wildman–Crippen MR) is 161 cm³/mol. The molecular formula is C32H51F3N2O5. The van der Waals surface area contributed by atoms with Crippen molar-refractivity contribution in [2.24, 2.45) is 5.41 Å². The van der Waals surface area contributed by atoms with Crippen LogP contribution in [-0.4, -0.2) is 87.3 Å². The van der Waals surface area contributed by atoms with Crippen LogP contribution in [0.15, 0.2) is 48.7 Å². The first-order chi connectivity index (χ1) is 19.6. The van der Waals surface area contributed by atoms with Gasteiger partial charge in [-0.2, -0.15) is 8.78 Å². The Morgan fingerprint density at radius 1 is 1.05 bits per heavy atom. The zero-order valence-corrected chi connectivity index (χ0v) is 25.5. The molecule has 42 heavy (non-hydrogen) atoms. The van der Waals surface area contributed by atoms with Crippen molar-refractivity contribution in [1.82, 2.24) is 10.2 Å². The molecule has 3 aliphatic rings. The van der Waals surface area contributed by atoms with E-state index in [2.05, 4.69) is 60.1 Å². The molecule has 1 spiro atoms. The van der Waals surface area contributed by atoms with Crippen LogP contribution in [0.1, 0.15) is 78.2 Å². The molecule has 2 saturated carbocycles. The summed E-state index contributed by atoms with van der Waals surface area (Å²) in [6, 6.07) is 11.9. The summed E-state index contributed by atoms with van der Waals surface area (Å²) in [7, 11) is 0. The Hall–Kier alpha value is -2.40. The van der Waals surface area contributed by atoms with Crippen LogP contribution in [-0.2, 0) is 4.79 Å². The normalized spacial score (nSPS) is 18.6. The highest BCUT2D eigenvalue weighted by molar-refractivity contribution is 5.75. The van der Waals surface area contributed by atoms with Gasteiger partial charge in [-0.3, -0.25) is 4.90 Å². The van der Waals surface area contributed by atoms with Gasteiger partial charge in [-0.1, -0.05) is 56.0 Å². The fourth-order valence-corrected chi connectivity index (χ4v) is 4.57. The van der Waals surface area contributed by atoms with Crippen LogP contribution in [0.4, 0.5) is 13.2 Å². The number of aliphatic carboxylic acids is 1. The number of carbonyl (C=O) groups is 1. The van der Waals surface area contributed by atoms with Gasteiger partial charge < -0.3 is 25.7 Å². The van der Waals surface area contributed by atoms with Gasteiger partial charge in [0, 0.05) is 19.0 Å². The molecule has 240 valence electrons. The minimum absolute atomic E-state index is 0.0391. The average Bonchev–Trinajstić information content (AvgIpc) is 3.73. The van der Waals surface area contributed by atoms with Gasteiger partial charge in [0.1, 0.15) is 0 Å². The number of aliphatic hydroxyl groups excluding tert-OH is 3. The fourth-order valence-electron chi connectivity index (χ4n) is 4.57. The molecule has 2 aliphatic carbocycles. The van der Waals surface area contributed by atoms with Crippen molar-refractivity contribution >= 4 is 12.0 Å². The number of nitrogens with one attached hydrogen (secondary N) is 1. The van der Waals surface area contributed by atoms with Crippen LogP contribution in [0.25, 0.3) is 6.08 Å². The zero-order valence-electron chi connectivity index (χ0n) is 25.5. The number of alkyl halides is 3. The first-order valence-electron chi connectivity index (χ1n) is 14.7. The summed E-state index contributed by atoms with van der Waals surface area (Å²) in [4.78, 5) is 11.9. The maximum absolute atomic E-state index is 11.9. The Balaban J connectivity index is 0.000000313. The van der Waals surface area contributed by atoms with Crippen LogP contribution in [0, 0.1) is 5.41 Å². The van der Waals surface area contributed by atoms with E-state index in [4.69, 9.17) is 10.2 Å². The second-order valence-electron chi connectivity index (χ2n) is 11.9. The molecule has 0 amide bonds. The molecule has 0 atom stereocenters.